The number of pyridine rings is 1. The second-order valence-corrected chi connectivity index (χ2v) is 5.58. The summed E-state index contributed by atoms with van der Waals surface area (Å²) in [5.74, 6) is 0.00987. The lowest BCUT2D eigenvalue weighted by Gasteiger charge is -2.13. The van der Waals surface area contributed by atoms with Crippen LogP contribution in [0.1, 0.15) is 30.9 Å². The van der Waals surface area contributed by atoms with E-state index in [4.69, 9.17) is 4.74 Å². The van der Waals surface area contributed by atoms with Crippen molar-refractivity contribution in [2.75, 3.05) is 6.61 Å². The maximum absolute atomic E-state index is 12.4. The summed E-state index contributed by atoms with van der Waals surface area (Å²) in [7, 11) is 0. The summed E-state index contributed by atoms with van der Waals surface area (Å²) in [4.78, 5) is 7.98. The Morgan fingerprint density at radius 3 is 2.48 bits per heavy atom. The van der Waals surface area contributed by atoms with E-state index in [0.717, 1.165) is 5.56 Å². The van der Waals surface area contributed by atoms with Crippen LogP contribution in [0.2, 0.25) is 0 Å². The molecule has 0 saturated heterocycles. The molecule has 0 aliphatic rings. The van der Waals surface area contributed by atoms with E-state index in [1.807, 2.05) is 17.6 Å². The second kappa shape index (κ2) is 7.98. The van der Waals surface area contributed by atoms with Crippen molar-refractivity contribution < 1.29 is 23.1 Å². The van der Waals surface area contributed by atoms with E-state index in [1.165, 1.54) is 18.3 Å². The molecule has 25 heavy (non-hydrogen) atoms. The predicted octanol–water partition coefficient (Wildman–Crippen LogP) is 4.20. The van der Waals surface area contributed by atoms with E-state index in [-0.39, 0.29) is 17.3 Å². The summed E-state index contributed by atoms with van der Waals surface area (Å²) in [5.41, 5.74) is 3.64. The Morgan fingerprint density at radius 1 is 1.24 bits per heavy atom. The fraction of sp³-hybridized carbons (Fsp3) is 0.294. The number of amidine groups is 1. The number of hydroxylamine groups is 1. The van der Waals surface area contributed by atoms with Gasteiger partial charge < -0.3 is 4.74 Å². The van der Waals surface area contributed by atoms with Crippen molar-refractivity contribution in [3.8, 4) is 5.88 Å². The Labute approximate surface area is 143 Å². The summed E-state index contributed by atoms with van der Waals surface area (Å²) in [6.45, 7) is 2.62. The van der Waals surface area contributed by atoms with Crippen LogP contribution in [0.4, 0.5) is 18.9 Å². The Hall–Kier alpha value is -2.61. The highest BCUT2D eigenvalue weighted by molar-refractivity contribution is 6.01. The number of benzene rings is 1. The Morgan fingerprint density at radius 2 is 1.92 bits per heavy atom. The quantitative estimate of drug-likeness (QED) is 0.480. The molecule has 0 radical (unpaired) electrons. The van der Waals surface area contributed by atoms with Crippen LogP contribution in [0, 0.1) is 0 Å². The number of ether oxygens (including phenoxy) is 1. The van der Waals surface area contributed by atoms with Crippen molar-refractivity contribution in [3.05, 3.63) is 53.7 Å². The molecule has 1 aromatic heterocycles. The van der Waals surface area contributed by atoms with E-state index in [9.17, 15) is 18.4 Å². The maximum atomic E-state index is 12.4. The lowest BCUT2D eigenvalue weighted by Crippen LogP contribution is -2.24. The van der Waals surface area contributed by atoms with Crippen LogP contribution >= 0.6 is 0 Å². The molecule has 0 spiro atoms. The van der Waals surface area contributed by atoms with E-state index in [1.54, 1.807) is 12.1 Å². The van der Waals surface area contributed by atoms with Gasteiger partial charge in [-0.1, -0.05) is 26.0 Å². The second-order valence-electron chi connectivity index (χ2n) is 5.58. The van der Waals surface area contributed by atoms with Gasteiger partial charge in [-0.25, -0.2) is 9.98 Å². The van der Waals surface area contributed by atoms with Crippen LogP contribution in [0.15, 0.2) is 47.6 Å². The molecule has 0 unspecified atom stereocenters. The number of halogens is 3. The van der Waals surface area contributed by atoms with Crippen LogP contribution in [-0.2, 0) is 0 Å². The van der Waals surface area contributed by atoms with Gasteiger partial charge in [0.1, 0.15) is 0 Å². The van der Waals surface area contributed by atoms with Crippen molar-refractivity contribution in [1.82, 2.24) is 10.5 Å². The minimum absolute atomic E-state index is 0.0671. The third-order valence-electron chi connectivity index (χ3n) is 3.31. The number of rotatable bonds is 5. The first-order chi connectivity index (χ1) is 11.8. The van der Waals surface area contributed by atoms with Gasteiger partial charge >= 0.3 is 6.18 Å². The van der Waals surface area contributed by atoms with Gasteiger partial charge in [0.25, 0.3) is 0 Å². The molecule has 0 bridgehead atoms. The van der Waals surface area contributed by atoms with E-state index in [0.29, 0.717) is 11.6 Å². The van der Waals surface area contributed by atoms with Gasteiger partial charge in [-0.15, -0.1) is 0 Å². The zero-order chi connectivity index (χ0) is 18.4. The lowest BCUT2D eigenvalue weighted by molar-refractivity contribution is -0.154. The summed E-state index contributed by atoms with van der Waals surface area (Å²) in [6, 6.07) is 10.2. The van der Waals surface area contributed by atoms with E-state index in [2.05, 4.69) is 23.8 Å². The van der Waals surface area contributed by atoms with Crippen LogP contribution in [0.3, 0.4) is 0 Å². The van der Waals surface area contributed by atoms with Gasteiger partial charge in [0, 0.05) is 6.20 Å². The average molecular weight is 353 g/mol. The number of aliphatic imine (C=N–C) groups is 1. The predicted molar refractivity (Wildman–Crippen MR) is 87.4 cm³/mol. The third-order valence-corrected chi connectivity index (χ3v) is 3.31. The van der Waals surface area contributed by atoms with Gasteiger partial charge in [0.2, 0.25) is 5.88 Å². The molecule has 2 aromatic rings. The minimum atomic E-state index is -4.49. The highest BCUT2D eigenvalue weighted by Gasteiger charge is 2.29. The first-order valence-electron chi connectivity index (χ1n) is 7.54. The number of nitrogens with zero attached hydrogens (tertiary/aromatic N) is 2. The van der Waals surface area contributed by atoms with Crippen LogP contribution < -0.4 is 10.2 Å². The lowest BCUT2D eigenvalue weighted by atomic mass is 10.0. The molecule has 0 aliphatic carbocycles. The summed E-state index contributed by atoms with van der Waals surface area (Å²) < 4.78 is 41.8. The smallest absolute Gasteiger partial charge is 0.422 e. The molecule has 0 aliphatic heterocycles. The normalized spacial score (nSPS) is 12.4. The Kier molecular flexibility index (Phi) is 5.97. The molecule has 0 fully saturated rings. The monoisotopic (exact) mass is 353 g/mol. The molecule has 2 rings (SSSR count). The Balaban J connectivity index is 2.30. The van der Waals surface area contributed by atoms with Gasteiger partial charge in [-0.2, -0.15) is 13.2 Å². The van der Waals surface area contributed by atoms with Gasteiger partial charge in [0.05, 0.1) is 11.3 Å². The number of nitrogens with one attached hydrogen (secondary N) is 1. The van der Waals surface area contributed by atoms with Crippen molar-refractivity contribution in [3.63, 3.8) is 0 Å². The molecule has 2 N–H and O–H groups in total. The van der Waals surface area contributed by atoms with Crippen LogP contribution in [0.25, 0.3) is 0 Å². The largest absolute Gasteiger partial charge is 0.467 e. The molecule has 0 amide bonds. The summed E-state index contributed by atoms with van der Waals surface area (Å²) >= 11 is 0. The van der Waals surface area contributed by atoms with Gasteiger partial charge in [-0.05, 0) is 35.7 Å². The highest BCUT2D eigenvalue weighted by Crippen LogP contribution is 2.23. The Bertz CT molecular complexity index is 729. The average Bonchev–Trinajstić information content (AvgIpc) is 2.58. The van der Waals surface area contributed by atoms with Gasteiger partial charge in [-0.3, -0.25) is 10.7 Å². The highest BCUT2D eigenvalue weighted by atomic mass is 19.4. The molecular weight excluding hydrogens is 335 g/mol. The first kappa shape index (κ1) is 18.7. The van der Waals surface area contributed by atoms with Crippen molar-refractivity contribution in [2.45, 2.75) is 25.9 Å². The zero-order valence-corrected chi connectivity index (χ0v) is 13.7. The number of alkyl halides is 3. The standard InChI is InChI=1S/C17H18F3N3O2/c1-11(2)12-5-7-13(8-6-12)22-15(23-24)14-4-3-9-21-16(14)25-10-17(18,19)20/h3-9,11,24H,10H2,1-2H3,(H,22,23). The molecule has 5 nitrogen and oxygen atoms in total. The van der Waals surface area contributed by atoms with Crippen LogP contribution in [0.5, 0.6) is 5.88 Å². The van der Waals surface area contributed by atoms with E-state index >= 15 is 0 Å². The number of hydrogen-bond acceptors (Lipinski definition) is 4. The molecule has 134 valence electrons. The summed E-state index contributed by atoms with van der Waals surface area (Å²) in [6.07, 6.45) is -3.20. The topological polar surface area (TPSA) is 66.7 Å². The number of hydrogen-bond donors (Lipinski definition) is 2. The van der Waals surface area contributed by atoms with Gasteiger partial charge in [0.15, 0.2) is 12.4 Å². The fourth-order valence-corrected chi connectivity index (χ4v) is 2.04. The first-order valence-corrected chi connectivity index (χ1v) is 7.54. The SMILES string of the molecule is CC(C)c1ccc(N=C(NO)c2cccnc2OCC(F)(F)F)cc1. The molecular formula is C17H18F3N3O2. The third kappa shape index (κ3) is 5.46. The van der Waals surface area contributed by atoms with Crippen molar-refractivity contribution in [2.24, 2.45) is 4.99 Å². The molecule has 1 aromatic carbocycles. The minimum Gasteiger partial charge on any atom is -0.467 e. The van der Waals surface area contributed by atoms with Crippen LogP contribution in [-0.4, -0.2) is 28.8 Å². The molecule has 0 atom stereocenters. The molecule has 8 heteroatoms. The van der Waals surface area contributed by atoms with Crippen molar-refractivity contribution >= 4 is 11.5 Å². The number of aromatic nitrogens is 1. The maximum Gasteiger partial charge on any atom is 0.422 e. The molecule has 0 saturated carbocycles. The summed E-state index contributed by atoms with van der Waals surface area (Å²) in [5, 5.41) is 9.35. The van der Waals surface area contributed by atoms with Crippen molar-refractivity contribution in [1.29, 1.82) is 0 Å². The molecule has 1 heterocycles. The fourth-order valence-electron chi connectivity index (χ4n) is 2.04. The zero-order valence-electron chi connectivity index (χ0n) is 13.7. The van der Waals surface area contributed by atoms with E-state index < -0.39 is 12.8 Å².